The lowest BCUT2D eigenvalue weighted by Crippen LogP contribution is -2.46. The van der Waals surface area contributed by atoms with Gasteiger partial charge in [-0.15, -0.1) is 0 Å². The smallest absolute Gasteiger partial charge is 0.241 e. The summed E-state index contributed by atoms with van der Waals surface area (Å²) in [6.07, 6.45) is 1.81. The highest BCUT2D eigenvalue weighted by atomic mass is 35.5. The minimum Gasteiger partial charge on any atom is -0.339 e. The van der Waals surface area contributed by atoms with Gasteiger partial charge in [0.2, 0.25) is 17.6 Å². The SMILES string of the molecule is CC(C(=O)Nc1ccc(Cl)cc1)N1CCCC(c2nc(-c3cccc(F)c3)no2)C1. The van der Waals surface area contributed by atoms with Crippen molar-refractivity contribution in [3.63, 3.8) is 0 Å². The Hall–Kier alpha value is -2.77. The molecular formula is C22H22ClFN4O2. The van der Waals surface area contributed by atoms with Crippen LogP contribution in [0.1, 0.15) is 31.6 Å². The fourth-order valence-electron chi connectivity index (χ4n) is 3.65. The molecule has 0 aliphatic carbocycles. The average Bonchev–Trinajstić information content (AvgIpc) is 3.25. The molecule has 1 aliphatic heterocycles. The normalized spacial score (nSPS) is 18.2. The van der Waals surface area contributed by atoms with Crippen LogP contribution in [0, 0.1) is 5.82 Å². The quantitative estimate of drug-likeness (QED) is 0.635. The van der Waals surface area contributed by atoms with Crippen molar-refractivity contribution >= 4 is 23.2 Å². The Morgan fingerprint density at radius 1 is 1.30 bits per heavy atom. The van der Waals surface area contributed by atoms with Gasteiger partial charge in [-0.05, 0) is 62.7 Å². The number of carbonyl (C=O) groups is 1. The Morgan fingerprint density at radius 3 is 2.87 bits per heavy atom. The van der Waals surface area contributed by atoms with E-state index in [0.29, 0.717) is 34.5 Å². The lowest BCUT2D eigenvalue weighted by molar-refractivity contribution is -0.121. The Balaban J connectivity index is 1.41. The van der Waals surface area contributed by atoms with E-state index in [9.17, 15) is 9.18 Å². The number of anilines is 1. The Morgan fingerprint density at radius 2 is 2.10 bits per heavy atom. The van der Waals surface area contributed by atoms with Crippen LogP contribution < -0.4 is 5.32 Å². The zero-order valence-electron chi connectivity index (χ0n) is 16.5. The van der Waals surface area contributed by atoms with E-state index in [1.54, 1.807) is 36.4 Å². The first-order valence-corrected chi connectivity index (χ1v) is 10.3. The van der Waals surface area contributed by atoms with Crippen LogP contribution in [0.5, 0.6) is 0 Å². The van der Waals surface area contributed by atoms with Gasteiger partial charge in [0, 0.05) is 22.8 Å². The molecule has 4 rings (SSSR count). The van der Waals surface area contributed by atoms with Crippen LogP contribution in [0.15, 0.2) is 53.1 Å². The molecule has 2 aromatic carbocycles. The van der Waals surface area contributed by atoms with Crippen LogP contribution in [0.2, 0.25) is 5.02 Å². The molecular weight excluding hydrogens is 407 g/mol. The van der Waals surface area contributed by atoms with E-state index < -0.39 is 0 Å². The molecule has 30 heavy (non-hydrogen) atoms. The van der Waals surface area contributed by atoms with Crippen LogP contribution in [0.25, 0.3) is 11.4 Å². The number of piperidine rings is 1. The molecule has 0 spiro atoms. The van der Waals surface area contributed by atoms with E-state index in [1.165, 1.54) is 12.1 Å². The second-order valence-electron chi connectivity index (χ2n) is 7.47. The number of rotatable bonds is 5. The first-order valence-electron chi connectivity index (χ1n) is 9.89. The van der Waals surface area contributed by atoms with Crippen molar-refractivity contribution in [1.29, 1.82) is 0 Å². The van der Waals surface area contributed by atoms with Gasteiger partial charge in [0.15, 0.2) is 0 Å². The van der Waals surface area contributed by atoms with E-state index >= 15 is 0 Å². The summed E-state index contributed by atoms with van der Waals surface area (Å²) in [7, 11) is 0. The molecule has 1 aliphatic rings. The van der Waals surface area contributed by atoms with Crippen LogP contribution in [-0.4, -0.2) is 40.1 Å². The summed E-state index contributed by atoms with van der Waals surface area (Å²) in [5, 5.41) is 7.56. The van der Waals surface area contributed by atoms with E-state index in [4.69, 9.17) is 16.1 Å². The Labute approximate surface area is 179 Å². The Bertz CT molecular complexity index is 1020. The van der Waals surface area contributed by atoms with Crippen molar-refractivity contribution < 1.29 is 13.7 Å². The number of hydrogen-bond donors (Lipinski definition) is 1. The molecule has 2 heterocycles. The highest BCUT2D eigenvalue weighted by molar-refractivity contribution is 6.30. The van der Waals surface area contributed by atoms with Gasteiger partial charge in [-0.2, -0.15) is 4.98 Å². The van der Waals surface area contributed by atoms with E-state index in [0.717, 1.165) is 19.4 Å². The number of halogens is 2. The van der Waals surface area contributed by atoms with E-state index in [1.807, 2.05) is 6.92 Å². The zero-order valence-corrected chi connectivity index (χ0v) is 17.3. The maximum atomic E-state index is 13.5. The molecule has 3 aromatic rings. The summed E-state index contributed by atoms with van der Waals surface area (Å²) >= 11 is 5.90. The number of carbonyl (C=O) groups excluding carboxylic acids is 1. The molecule has 0 bridgehead atoms. The number of aromatic nitrogens is 2. The summed E-state index contributed by atoms with van der Waals surface area (Å²) < 4.78 is 18.9. The third kappa shape index (κ3) is 4.68. The largest absolute Gasteiger partial charge is 0.339 e. The van der Waals surface area contributed by atoms with Gasteiger partial charge in [-0.25, -0.2) is 4.39 Å². The standard InChI is InChI=1S/C22H22ClFN4O2/c1-14(21(29)25-19-9-7-17(23)8-10-19)28-11-3-5-16(13-28)22-26-20(27-30-22)15-4-2-6-18(24)12-15/h2,4,6-10,12,14,16H,3,5,11,13H2,1H3,(H,25,29). The minimum atomic E-state index is -0.344. The summed E-state index contributed by atoms with van der Waals surface area (Å²) in [5.74, 6) is 0.492. The average molecular weight is 429 g/mol. The van der Waals surface area contributed by atoms with Gasteiger partial charge in [-0.3, -0.25) is 9.69 Å². The molecule has 156 valence electrons. The van der Waals surface area contributed by atoms with Crippen LogP contribution in [0.4, 0.5) is 10.1 Å². The predicted octanol–water partition coefficient (Wildman–Crippen LogP) is 4.74. The number of benzene rings is 2. The fourth-order valence-corrected chi connectivity index (χ4v) is 3.78. The fraction of sp³-hybridized carbons (Fsp3) is 0.318. The second-order valence-corrected chi connectivity index (χ2v) is 7.91. The molecule has 1 saturated heterocycles. The number of hydrogen-bond acceptors (Lipinski definition) is 5. The topological polar surface area (TPSA) is 71.3 Å². The first kappa shape index (κ1) is 20.5. The first-order chi connectivity index (χ1) is 14.5. The van der Waals surface area contributed by atoms with Crippen LogP contribution in [-0.2, 0) is 4.79 Å². The van der Waals surface area contributed by atoms with Crippen LogP contribution in [0.3, 0.4) is 0 Å². The lowest BCUT2D eigenvalue weighted by Gasteiger charge is -2.34. The summed E-state index contributed by atoms with van der Waals surface area (Å²) in [5.41, 5.74) is 1.29. The lowest BCUT2D eigenvalue weighted by atomic mass is 9.96. The van der Waals surface area contributed by atoms with Gasteiger partial charge >= 0.3 is 0 Å². The highest BCUT2D eigenvalue weighted by Crippen LogP contribution is 2.29. The highest BCUT2D eigenvalue weighted by Gasteiger charge is 2.31. The summed E-state index contributed by atoms with van der Waals surface area (Å²) in [6.45, 7) is 3.34. The van der Waals surface area contributed by atoms with Crippen molar-refractivity contribution in [2.45, 2.75) is 31.7 Å². The molecule has 6 nitrogen and oxygen atoms in total. The molecule has 8 heteroatoms. The number of nitrogens with one attached hydrogen (secondary N) is 1. The van der Waals surface area contributed by atoms with Crippen molar-refractivity contribution in [3.8, 4) is 11.4 Å². The summed E-state index contributed by atoms with van der Waals surface area (Å²) in [4.78, 5) is 19.3. The van der Waals surface area contributed by atoms with Crippen LogP contribution >= 0.6 is 11.6 Å². The molecule has 1 amide bonds. The third-order valence-electron chi connectivity index (χ3n) is 5.37. The number of amides is 1. The van der Waals surface area contributed by atoms with Crippen molar-refractivity contribution in [2.75, 3.05) is 18.4 Å². The monoisotopic (exact) mass is 428 g/mol. The zero-order chi connectivity index (χ0) is 21.1. The maximum Gasteiger partial charge on any atom is 0.241 e. The van der Waals surface area contributed by atoms with Gasteiger partial charge in [-0.1, -0.05) is 28.9 Å². The maximum absolute atomic E-state index is 13.5. The van der Waals surface area contributed by atoms with Gasteiger partial charge in [0.1, 0.15) is 5.82 Å². The molecule has 2 atom stereocenters. The molecule has 0 radical (unpaired) electrons. The van der Waals surface area contributed by atoms with Crippen molar-refractivity contribution in [3.05, 3.63) is 65.3 Å². The van der Waals surface area contributed by atoms with Gasteiger partial charge in [0.25, 0.3) is 0 Å². The Kier molecular flexibility index (Phi) is 6.11. The van der Waals surface area contributed by atoms with Gasteiger partial charge in [0.05, 0.1) is 12.0 Å². The summed E-state index contributed by atoms with van der Waals surface area (Å²) in [6, 6.07) is 12.8. The van der Waals surface area contributed by atoms with Crippen molar-refractivity contribution in [1.82, 2.24) is 15.0 Å². The second kappa shape index (κ2) is 8.93. The molecule has 1 N–H and O–H groups in total. The molecule has 2 unspecified atom stereocenters. The number of likely N-dealkylation sites (tertiary alicyclic amines) is 1. The van der Waals surface area contributed by atoms with Crippen molar-refractivity contribution in [2.24, 2.45) is 0 Å². The molecule has 1 aromatic heterocycles. The van der Waals surface area contributed by atoms with Gasteiger partial charge < -0.3 is 9.84 Å². The number of nitrogens with zero attached hydrogens (tertiary/aromatic N) is 3. The minimum absolute atomic E-state index is 0.0272. The van der Waals surface area contributed by atoms with E-state index in [-0.39, 0.29) is 23.7 Å². The molecule has 0 saturated carbocycles. The third-order valence-corrected chi connectivity index (χ3v) is 5.62. The van der Waals surface area contributed by atoms with E-state index in [2.05, 4.69) is 20.4 Å². The molecule has 1 fully saturated rings. The predicted molar refractivity (Wildman–Crippen MR) is 113 cm³/mol.